The zero-order valence-electron chi connectivity index (χ0n) is 13.1. The van der Waals surface area contributed by atoms with Crippen molar-refractivity contribution in [3.8, 4) is 0 Å². The monoisotopic (exact) mass is 286 g/mol. The van der Waals surface area contributed by atoms with Gasteiger partial charge in [0.2, 0.25) is 11.8 Å². The molecule has 2 amide bonds. The van der Waals surface area contributed by atoms with Gasteiger partial charge < -0.3 is 15.0 Å². The Labute approximate surface area is 120 Å². The smallest absolute Gasteiger partial charge is 0.307 e. The average molecular weight is 286 g/mol. The summed E-state index contributed by atoms with van der Waals surface area (Å²) in [5.74, 6) is -0.510. The minimum atomic E-state index is -0.523. The normalized spacial score (nSPS) is 10.8. The van der Waals surface area contributed by atoms with E-state index in [-0.39, 0.29) is 24.2 Å². The molecule has 0 spiro atoms. The van der Waals surface area contributed by atoms with E-state index in [4.69, 9.17) is 4.74 Å². The van der Waals surface area contributed by atoms with E-state index in [0.717, 1.165) is 0 Å². The molecule has 1 N–H and O–H groups in total. The van der Waals surface area contributed by atoms with Crippen LogP contribution in [0.4, 0.5) is 0 Å². The quantitative estimate of drug-likeness (QED) is 0.707. The molecule has 0 aliphatic heterocycles. The minimum Gasteiger partial charge on any atom is -0.466 e. The van der Waals surface area contributed by atoms with E-state index >= 15 is 0 Å². The third-order valence-corrected chi connectivity index (χ3v) is 2.58. The number of carbonyl (C=O) groups is 3. The number of esters is 1. The number of hydrogen-bond acceptors (Lipinski definition) is 4. The molecule has 0 radical (unpaired) electrons. The highest BCUT2D eigenvalue weighted by Gasteiger charge is 2.27. The third-order valence-electron chi connectivity index (χ3n) is 2.58. The highest BCUT2D eigenvalue weighted by atomic mass is 16.5. The molecule has 0 saturated heterocycles. The van der Waals surface area contributed by atoms with Crippen LogP contribution in [0.15, 0.2) is 0 Å². The summed E-state index contributed by atoms with van der Waals surface area (Å²) in [6, 6.07) is 0. The van der Waals surface area contributed by atoms with E-state index in [1.807, 2.05) is 20.8 Å². The summed E-state index contributed by atoms with van der Waals surface area (Å²) in [6.07, 6.45) is 0.162. The minimum absolute atomic E-state index is 0.0489. The van der Waals surface area contributed by atoms with Gasteiger partial charge in [-0.2, -0.15) is 0 Å². The van der Waals surface area contributed by atoms with Crippen LogP contribution in [0.2, 0.25) is 0 Å². The Kier molecular flexibility index (Phi) is 7.87. The van der Waals surface area contributed by atoms with Crippen LogP contribution in [0, 0.1) is 5.41 Å². The van der Waals surface area contributed by atoms with Crippen molar-refractivity contribution in [1.82, 2.24) is 10.2 Å². The van der Waals surface area contributed by atoms with E-state index in [0.29, 0.717) is 26.2 Å². The maximum absolute atomic E-state index is 12.3. The first-order chi connectivity index (χ1) is 9.18. The molecule has 0 fully saturated rings. The summed E-state index contributed by atoms with van der Waals surface area (Å²) in [5.41, 5.74) is -0.523. The van der Waals surface area contributed by atoms with Gasteiger partial charge in [-0.05, 0) is 6.92 Å². The van der Waals surface area contributed by atoms with E-state index < -0.39 is 5.41 Å². The number of amides is 2. The topological polar surface area (TPSA) is 75.7 Å². The van der Waals surface area contributed by atoms with E-state index in [1.165, 1.54) is 6.92 Å². The molecule has 6 heteroatoms. The molecule has 0 heterocycles. The lowest BCUT2D eigenvalue weighted by Gasteiger charge is -2.29. The molecule has 116 valence electrons. The molecule has 0 aromatic rings. The van der Waals surface area contributed by atoms with Gasteiger partial charge in [0.05, 0.1) is 13.0 Å². The summed E-state index contributed by atoms with van der Waals surface area (Å²) < 4.78 is 4.85. The number of hydrogen-bond donors (Lipinski definition) is 1. The molecular weight excluding hydrogens is 260 g/mol. The lowest BCUT2D eigenvalue weighted by atomic mass is 9.94. The Morgan fingerprint density at radius 3 is 2.20 bits per heavy atom. The highest BCUT2D eigenvalue weighted by molar-refractivity contribution is 5.82. The summed E-state index contributed by atoms with van der Waals surface area (Å²) in [5, 5.41) is 2.65. The zero-order valence-corrected chi connectivity index (χ0v) is 13.1. The average Bonchev–Trinajstić information content (AvgIpc) is 2.31. The Hall–Kier alpha value is -1.59. The molecular formula is C14H26N2O4. The first-order valence-electron chi connectivity index (χ1n) is 6.88. The zero-order chi connectivity index (χ0) is 15.8. The Bertz CT molecular complexity index is 348. The second-order valence-corrected chi connectivity index (χ2v) is 5.58. The summed E-state index contributed by atoms with van der Waals surface area (Å²) in [7, 11) is 0. The van der Waals surface area contributed by atoms with Gasteiger partial charge in [-0.15, -0.1) is 0 Å². The molecule has 0 saturated carbocycles. The van der Waals surface area contributed by atoms with Crippen LogP contribution in [0.5, 0.6) is 0 Å². The lowest BCUT2D eigenvalue weighted by molar-refractivity contribution is -0.145. The van der Waals surface area contributed by atoms with Crippen LogP contribution in [0.25, 0.3) is 0 Å². The van der Waals surface area contributed by atoms with Crippen molar-refractivity contribution in [1.29, 1.82) is 0 Å². The van der Waals surface area contributed by atoms with E-state index in [2.05, 4.69) is 5.32 Å². The van der Waals surface area contributed by atoms with Crippen LogP contribution in [-0.4, -0.2) is 48.9 Å². The van der Waals surface area contributed by atoms with E-state index in [9.17, 15) is 14.4 Å². The second-order valence-electron chi connectivity index (χ2n) is 5.58. The lowest BCUT2D eigenvalue weighted by Crippen LogP contribution is -2.44. The predicted molar refractivity (Wildman–Crippen MR) is 76.0 cm³/mol. The van der Waals surface area contributed by atoms with Crippen LogP contribution in [0.3, 0.4) is 0 Å². The standard InChI is InChI=1S/C14H26N2O4/c1-6-20-12(18)7-9-16(10-8-15-11(2)17)13(19)14(3,4)5/h6-10H2,1-5H3,(H,15,17). The summed E-state index contributed by atoms with van der Waals surface area (Å²) in [4.78, 5) is 36.1. The Balaban J connectivity index is 4.50. The van der Waals surface area contributed by atoms with Gasteiger partial charge in [-0.25, -0.2) is 0 Å². The maximum atomic E-state index is 12.3. The van der Waals surface area contributed by atoms with Gasteiger partial charge in [0.25, 0.3) is 0 Å². The molecule has 0 aliphatic carbocycles. The van der Waals surface area contributed by atoms with Gasteiger partial charge in [0, 0.05) is 32.0 Å². The predicted octanol–water partition coefficient (Wildman–Crippen LogP) is 0.950. The largest absolute Gasteiger partial charge is 0.466 e. The molecule has 20 heavy (non-hydrogen) atoms. The van der Waals surface area contributed by atoms with Crippen molar-refractivity contribution in [3.05, 3.63) is 0 Å². The van der Waals surface area contributed by atoms with Crippen LogP contribution in [-0.2, 0) is 19.1 Å². The first-order valence-corrected chi connectivity index (χ1v) is 6.88. The number of nitrogens with zero attached hydrogens (tertiary/aromatic N) is 1. The van der Waals surface area contributed by atoms with Crippen molar-refractivity contribution >= 4 is 17.8 Å². The molecule has 0 atom stereocenters. The second kappa shape index (κ2) is 8.55. The van der Waals surface area contributed by atoms with Crippen LogP contribution >= 0.6 is 0 Å². The molecule has 0 aliphatic rings. The number of ether oxygens (including phenoxy) is 1. The number of rotatable bonds is 7. The SMILES string of the molecule is CCOC(=O)CCN(CCNC(C)=O)C(=O)C(C)(C)C. The van der Waals surface area contributed by atoms with E-state index in [1.54, 1.807) is 11.8 Å². The summed E-state index contributed by atoms with van der Waals surface area (Å²) in [6.45, 7) is 10.0. The van der Waals surface area contributed by atoms with Gasteiger partial charge in [-0.1, -0.05) is 20.8 Å². The molecule has 0 bridgehead atoms. The molecule has 0 rings (SSSR count). The van der Waals surface area contributed by atoms with Gasteiger partial charge in [0.1, 0.15) is 0 Å². The van der Waals surface area contributed by atoms with Crippen molar-refractivity contribution in [3.63, 3.8) is 0 Å². The fourth-order valence-electron chi connectivity index (χ4n) is 1.62. The molecule has 6 nitrogen and oxygen atoms in total. The van der Waals surface area contributed by atoms with Crippen LogP contribution < -0.4 is 5.32 Å². The fraction of sp³-hybridized carbons (Fsp3) is 0.786. The van der Waals surface area contributed by atoms with Crippen molar-refractivity contribution in [2.75, 3.05) is 26.2 Å². The number of nitrogens with one attached hydrogen (secondary N) is 1. The van der Waals surface area contributed by atoms with Gasteiger partial charge >= 0.3 is 5.97 Å². The first kappa shape index (κ1) is 18.4. The highest BCUT2D eigenvalue weighted by Crippen LogP contribution is 2.17. The van der Waals surface area contributed by atoms with Crippen molar-refractivity contribution in [2.45, 2.75) is 41.0 Å². The molecule has 0 unspecified atom stereocenters. The Morgan fingerprint density at radius 1 is 1.15 bits per heavy atom. The number of carbonyl (C=O) groups excluding carboxylic acids is 3. The maximum Gasteiger partial charge on any atom is 0.307 e. The molecule has 0 aromatic carbocycles. The van der Waals surface area contributed by atoms with Gasteiger partial charge in [-0.3, -0.25) is 14.4 Å². The van der Waals surface area contributed by atoms with Gasteiger partial charge in [0.15, 0.2) is 0 Å². The van der Waals surface area contributed by atoms with Crippen LogP contribution in [0.1, 0.15) is 41.0 Å². The third kappa shape index (κ3) is 7.76. The van der Waals surface area contributed by atoms with Crippen molar-refractivity contribution in [2.24, 2.45) is 5.41 Å². The summed E-state index contributed by atoms with van der Waals surface area (Å²) >= 11 is 0. The van der Waals surface area contributed by atoms with Crippen molar-refractivity contribution < 1.29 is 19.1 Å². The fourth-order valence-corrected chi connectivity index (χ4v) is 1.62. The Morgan fingerprint density at radius 2 is 1.75 bits per heavy atom. The molecule has 0 aromatic heterocycles.